The molecule has 0 aliphatic rings. The van der Waals surface area contributed by atoms with Gasteiger partial charge in [-0.3, -0.25) is 4.99 Å². The third kappa shape index (κ3) is 6.15. The van der Waals surface area contributed by atoms with Crippen molar-refractivity contribution in [2.45, 2.75) is 20.0 Å². The van der Waals surface area contributed by atoms with E-state index in [1.807, 2.05) is 13.8 Å². The van der Waals surface area contributed by atoms with Crippen LogP contribution in [0.4, 0.5) is 18.9 Å². The molecular weight excluding hydrogens is 283 g/mol. The molecule has 0 aliphatic carbocycles. The fourth-order valence-electron chi connectivity index (χ4n) is 1.35. The second-order valence-electron chi connectivity index (χ2n) is 4.79. The quantitative estimate of drug-likeness (QED) is 0.591. The maximum absolute atomic E-state index is 12.4. The molecule has 0 atom stereocenters. The van der Waals surface area contributed by atoms with Crippen LogP contribution in [0.15, 0.2) is 34.3 Å². The fourth-order valence-corrected chi connectivity index (χ4v) is 1.35. The smallest absolute Gasteiger partial charge is 0.369 e. The zero-order chi connectivity index (χ0) is 16.0. The number of benzene rings is 1. The summed E-state index contributed by atoms with van der Waals surface area (Å²) in [6.07, 6.45) is -4.37. The summed E-state index contributed by atoms with van der Waals surface area (Å²) in [6.45, 7) is 4.47. The lowest BCUT2D eigenvalue weighted by Gasteiger charge is -2.09. The minimum absolute atomic E-state index is 0.0145. The van der Waals surface area contributed by atoms with E-state index in [4.69, 9.17) is 11.5 Å². The summed E-state index contributed by atoms with van der Waals surface area (Å²) in [5.74, 6) is 0.309. The molecule has 116 valence electrons. The second kappa shape index (κ2) is 6.96. The number of nitrogens with two attached hydrogens (primary N) is 2. The summed E-state index contributed by atoms with van der Waals surface area (Å²) in [4.78, 5) is 7.79. The molecule has 0 saturated heterocycles. The van der Waals surface area contributed by atoms with E-state index in [0.29, 0.717) is 18.2 Å². The molecule has 0 fully saturated rings. The van der Waals surface area contributed by atoms with Crippen LogP contribution in [-0.4, -0.2) is 18.5 Å². The number of anilines is 1. The van der Waals surface area contributed by atoms with Crippen molar-refractivity contribution in [1.82, 2.24) is 0 Å². The van der Waals surface area contributed by atoms with Gasteiger partial charge in [-0.2, -0.15) is 18.2 Å². The van der Waals surface area contributed by atoms with E-state index in [2.05, 4.69) is 15.3 Å². The number of halogens is 3. The van der Waals surface area contributed by atoms with Crippen molar-refractivity contribution < 1.29 is 13.2 Å². The van der Waals surface area contributed by atoms with Crippen LogP contribution in [0.2, 0.25) is 0 Å². The molecule has 1 aromatic rings. The standard InChI is InChI=1S/C13H18F3N5/c1-8(2)7-19-11(17)21-12(18)20-10-5-3-9(4-6-10)13(14,15)16/h3-6,8H,7H2,1-2H3,(H5,17,18,19,20,21). The number of hydrogen-bond donors (Lipinski definition) is 3. The summed E-state index contributed by atoms with van der Waals surface area (Å²) < 4.78 is 37.2. The summed E-state index contributed by atoms with van der Waals surface area (Å²) in [6, 6.07) is 4.41. The molecule has 1 rings (SSSR count). The molecule has 5 nitrogen and oxygen atoms in total. The van der Waals surface area contributed by atoms with Crippen LogP contribution in [0.25, 0.3) is 0 Å². The highest BCUT2D eigenvalue weighted by Crippen LogP contribution is 2.29. The van der Waals surface area contributed by atoms with Crippen molar-refractivity contribution in [3.05, 3.63) is 29.8 Å². The van der Waals surface area contributed by atoms with Gasteiger partial charge in [-0.1, -0.05) is 13.8 Å². The lowest BCUT2D eigenvalue weighted by Crippen LogP contribution is -2.26. The highest BCUT2D eigenvalue weighted by molar-refractivity contribution is 6.00. The highest BCUT2D eigenvalue weighted by atomic mass is 19.4. The van der Waals surface area contributed by atoms with Gasteiger partial charge < -0.3 is 16.8 Å². The fraction of sp³-hybridized carbons (Fsp3) is 0.385. The van der Waals surface area contributed by atoms with Gasteiger partial charge in [0.1, 0.15) is 0 Å². The first-order valence-corrected chi connectivity index (χ1v) is 6.27. The Kier molecular flexibility index (Phi) is 5.57. The molecule has 5 N–H and O–H groups in total. The van der Waals surface area contributed by atoms with Crippen LogP contribution >= 0.6 is 0 Å². The number of nitrogens with zero attached hydrogens (tertiary/aromatic N) is 2. The number of hydrogen-bond acceptors (Lipinski definition) is 1. The van der Waals surface area contributed by atoms with Crippen molar-refractivity contribution in [3.63, 3.8) is 0 Å². The predicted molar refractivity (Wildman–Crippen MR) is 78.0 cm³/mol. The maximum Gasteiger partial charge on any atom is 0.416 e. The number of nitrogens with one attached hydrogen (secondary N) is 1. The lowest BCUT2D eigenvalue weighted by atomic mass is 10.2. The second-order valence-corrected chi connectivity index (χ2v) is 4.79. The van der Waals surface area contributed by atoms with Gasteiger partial charge in [0.25, 0.3) is 0 Å². The van der Waals surface area contributed by atoms with Crippen LogP contribution in [0.3, 0.4) is 0 Å². The van der Waals surface area contributed by atoms with E-state index < -0.39 is 11.7 Å². The minimum atomic E-state index is -4.37. The summed E-state index contributed by atoms with van der Waals surface area (Å²) in [5, 5.41) is 2.64. The van der Waals surface area contributed by atoms with Crippen LogP contribution in [0.5, 0.6) is 0 Å². The minimum Gasteiger partial charge on any atom is -0.369 e. The Bertz CT molecular complexity index is 518. The summed E-state index contributed by atoms with van der Waals surface area (Å²) >= 11 is 0. The number of rotatable bonds is 3. The first-order valence-electron chi connectivity index (χ1n) is 6.27. The number of guanidine groups is 2. The Balaban J connectivity index is 2.70. The molecule has 0 heterocycles. The van der Waals surface area contributed by atoms with E-state index in [9.17, 15) is 13.2 Å². The average Bonchev–Trinajstić information content (AvgIpc) is 2.35. The topological polar surface area (TPSA) is 88.8 Å². The van der Waals surface area contributed by atoms with E-state index in [0.717, 1.165) is 12.1 Å². The SMILES string of the molecule is CC(C)CN=C(N)N=C(N)Nc1ccc(C(F)(F)F)cc1. The summed E-state index contributed by atoms with van der Waals surface area (Å²) in [7, 11) is 0. The largest absolute Gasteiger partial charge is 0.416 e. The van der Waals surface area contributed by atoms with Crippen molar-refractivity contribution in [1.29, 1.82) is 0 Å². The molecule has 21 heavy (non-hydrogen) atoms. The third-order valence-corrected chi connectivity index (χ3v) is 2.34. The molecule has 0 radical (unpaired) electrons. The van der Waals surface area contributed by atoms with Gasteiger partial charge in [0, 0.05) is 12.2 Å². The first-order chi connectivity index (χ1) is 9.68. The Morgan fingerprint density at radius 2 is 1.76 bits per heavy atom. The lowest BCUT2D eigenvalue weighted by molar-refractivity contribution is -0.137. The maximum atomic E-state index is 12.4. The molecule has 1 aromatic carbocycles. The monoisotopic (exact) mass is 301 g/mol. The average molecular weight is 301 g/mol. The normalized spacial score (nSPS) is 13.6. The summed E-state index contributed by atoms with van der Waals surface area (Å²) in [5.41, 5.74) is 10.8. The molecule has 0 amide bonds. The van der Waals surface area contributed by atoms with E-state index in [1.165, 1.54) is 12.1 Å². The van der Waals surface area contributed by atoms with Crippen LogP contribution < -0.4 is 16.8 Å². The molecular formula is C13H18F3N5. The zero-order valence-corrected chi connectivity index (χ0v) is 11.8. The molecule has 8 heteroatoms. The zero-order valence-electron chi connectivity index (χ0n) is 11.8. The van der Waals surface area contributed by atoms with E-state index >= 15 is 0 Å². The van der Waals surface area contributed by atoms with Crippen LogP contribution in [0, 0.1) is 5.92 Å². The number of aliphatic imine (C=N–C) groups is 2. The molecule has 0 saturated carbocycles. The molecule has 0 aliphatic heterocycles. The highest BCUT2D eigenvalue weighted by Gasteiger charge is 2.29. The van der Waals surface area contributed by atoms with Gasteiger partial charge in [0.05, 0.1) is 5.56 Å². The van der Waals surface area contributed by atoms with Crippen molar-refractivity contribution in [3.8, 4) is 0 Å². The van der Waals surface area contributed by atoms with Gasteiger partial charge in [0.15, 0.2) is 0 Å². The van der Waals surface area contributed by atoms with Crippen LogP contribution in [-0.2, 0) is 6.18 Å². The predicted octanol–water partition coefficient (Wildman–Crippen LogP) is 2.40. The molecule has 0 aromatic heterocycles. The Morgan fingerprint density at radius 3 is 2.24 bits per heavy atom. The van der Waals surface area contributed by atoms with Crippen molar-refractivity contribution >= 4 is 17.6 Å². The van der Waals surface area contributed by atoms with Gasteiger partial charge in [-0.25, -0.2) is 0 Å². The van der Waals surface area contributed by atoms with E-state index in [-0.39, 0.29) is 11.9 Å². The third-order valence-electron chi connectivity index (χ3n) is 2.34. The molecule has 0 spiro atoms. The molecule has 0 unspecified atom stereocenters. The Morgan fingerprint density at radius 1 is 1.19 bits per heavy atom. The van der Waals surface area contributed by atoms with Gasteiger partial charge >= 0.3 is 6.18 Å². The van der Waals surface area contributed by atoms with Gasteiger partial charge in [-0.15, -0.1) is 0 Å². The Hall–Kier alpha value is -2.25. The number of alkyl halides is 3. The van der Waals surface area contributed by atoms with E-state index in [1.54, 1.807) is 0 Å². The molecule has 0 bridgehead atoms. The van der Waals surface area contributed by atoms with Crippen LogP contribution in [0.1, 0.15) is 19.4 Å². The first kappa shape index (κ1) is 16.8. The van der Waals surface area contributed by atoms with Gasteiger partial charge in [-0.05, 0) is 30.2 Å². The van der Waals surface area contributed by atoms with Crippen molar-refractivity contribution in [2.75, 3.05) is 11.9 Å². The van der Waals surface area contributed by atoms with Gasteiger partial charge in [0.2, 0.25) is 11.9 Å². The Labute approximate surface area is 121 Å². The van der Waals surface area contributed by atoms with Crippen molar-refractivity contribution in [2.24, 2.45) is 27.4 Å².